The van der Waals surface area contributed by atoms with Crippen LogP contribution in [0, 0.1) is 0 Å². The molecule has 1 aromatic heterocycles. The monoisotopic (exact) mass is 167 g/mol. The van der Waals surface area contributed by atoms with Gasteiger partial charge in [-0.2, -0.15) is 5.10 Å². The van der Waals surface area contributed by atoms with Crippen LogP contribution in [0.5, 0.6) is 0 Å². The van der Waals surface area contributed by atoms with E-state index in [9.17, 15) is 0 Å². The average molecular weight is 167 g/mol. The summed E-state index contributed by atoms with van der Waals surface area (Å²) in [6.45, 7) is 2.26. The summed E-state index contributed by atoms with van der Waals surface area (Å²) in [5, 5.41) is 7.49. The van der Waals surface area contributed by atoms with E-state index in [4.69, 9.17) is 4.74 Å². The quantitative estimate of drug-likeness (QED) is 0.682. The van der Waals surface area contributed by atoms with E-state index >= 15 is 0 Å². The number of rotatable bonds is 2. The molecule has 0 amide bonds. The lowest BCUT2D eigenvalue weighted by molar-refractivity contribution is 0.130. The second-order valence-corrected chi connectivity index (χ2v) is 3.02. The lowest BCUT2D eigenvalue weighted by Gasteiger charge is -2.02. The second kappa shape index (κ2) is 2.88. The normalized spacial score (nSPS) is 15.2. The van der Waals surface area contributed by atoms with Crippen LogP contribution in [0.2, 0.25) is 0 Å². The van der Waals surface area contributed by atoms with E-state index in [0.717, 1.165) is 18.8 Å². The summed E-state index contributed by atoms with van der Waals surface area (Å²) in [6, 6.07) is 0. The molecule has 1 aliphatic rings. The van der Waals surface area contributed by atoms with E-state index in [1.807, 2.05) is 18.8 Å². The largest absolute Gasteiger partial charge is 0.370 e. The van der Waals surface area contributed by atoms with Gasteiger partial charge >= 0.3 is 0 Å². The smallest absolute Gasteiger partial charge is 0.0940 e. The van der Waals surface area contributed by atoms with Crippen molar-refractivity contribution in [1.82, 2.24) is 15.1 Å². The topological polar surface area (TPSA) is 39.1 Å². The highest BCUT2D eigenvalue weighted by atomic mass is 16.5. The highest BCUT2D eigenvalue weighted by Gasteiger charge is 2.20. The van der Waals surface area contributed by atoms with Crippen molar-refractivity contribution in [1.29, 1.82) is 0 Å². The van der Waals surface area contributed by atoms with Gasteiger partial charge < -0.3 is 10.1 Å². The molecule has 4 nitrogen and oxygen atoms in total. The molecule has 66 valence electrons. The third kappa shape index (κ3) is 1.04. The number of hydrogen-bond acceptors (Lipinski definition) is 3. The Kier molecular flexibility index (Phi) is 1.86. The Morgan fingerprint density at radius 1 is 1.58 bits per heavy atom. The number of aromatic nitrogens is 2. The second-order valence-electron chi connectivity index (χ2n) is 3.02. The SMILES string of the molecule is CNCc1c2c(nn1C)COC2. The van der Waals surface area contributed by atoms with Gasteiger partial charge in [0.05, 0.1) is 24.6 Å². The molecular formula is C8H13N3O. The zero-order chi connectivity index (χ0) is 8.55. The Morgan fingerprint density at radius 2 is 2.42 bits per heavy atom. The number of nitrogens with one attached hydrogen (secondary N) is 1. The molecule has 2 rings (SSSR count). The Bertz CT molecular complexity index is 293. The summed E-state index contributed by atoms with van der Waals surface area (Å²) in [6.07, 6.45) is 0. The van der Waals surface area contributed by atoms with Crippen molar-refractivity contribution < 1.29 is 4.74 Å². The van der Waals surface area contributed by atoms with Crippen LogP contribution in [0.3, 0.4) is 0 Å². The fraction of sp³-hybridized carbons (Fsp3) is 0.625. The fourth-order valence-electron chi connectivity index (χ4n) is 1.58. The summed E-state index contributed by atoms with van der Waals surface area (Å²) in [5.74, 6) is 0. The Balaban J connectivity index is 2.38. The van der Waals surface area contributed by atoms with Gasteiger partial charge in [-0.1, -0.05) is 0 Å². The van der Waals surface area contributed by atoms with Crippen LogP contribution in [0.1, 0.15) is 17.0 Å². The van der Waals surface area contributed by atoms with Crippen molar-refractivity contribution >= 4 is 0 Å². The molecule has 12 heavy (non-hydrogen) atoms. The van der Waals surface area contributed by atoms with Gasteiger partial charge in [0.15, 0.2) is 0 Å². The lowest BCUT2D eigenvalue weighted by Crippen LogP contribution is -2.11. The van der Waals surface area contributed by atoms with Gasteiger partial charge in [0, 0.05) is 19.2 Å². The van der Waals surface area contributed by atoms with Crippen molar-refractivity contribution in [3.8, 4) is 0 Å². The van der Waals surface area contributed by atoms with Crippen LogP contribution in [-0.4, -0.2) is 16.8 Å². The molecule has 0 spiro atoms. The minimum atomic E-state index is 0.673. The van der Waals surface area contributed by atoms with Gasteiger partial charge in [-0.15, -0.1) is 0 Å². The summed E-state index contributed by atoms with van der Waals surface area (Å²) >= 11 is 0. The lowest BCUT2D eigenvalue weighted by atomic mass is 10.2. The first kappa shape index (κ1) is 7.76. The zero-order valence-electron chi connectivity index (χ0n) is 7.42. The van der Waals surface area contributed by atoms with Crippen LogP contribution in [0.4, 0.5) is 0 Å². The van der Waals surface area contributed by atoms with Crippen LogP contribution >= 0.6 is 0 Å². The van der Waals surface area contributed by atoms with Gasteiger partial charge in [0.25, 0.3) is 0 Å². The van der Waals surface area contributed by atoms with E-state index < -0.39 is 0 Å². The third-order valence-electron chi connectivity index (χ3n) is 2.19. The van der Waals surface area contributed by atoms with Gasteiger partial charge in [0.2, 0.25) is 0 Å². The van der Waals surface area contributed by atoms with E-state index in [1.165, 1.54) is 11.3 Å². The van der Waals surface area contributed by atoms with Crippen LogP contribution in [-0.2, 0) is 31.5 Å². The molecule has 0 aromatic carbocycles. The van der Waals surface area contributed by atoms with Crippen LogP contribution in [0.25, 0.3) is 0 Å². The first-order valence-corrected chi connectivity index (χ1v) is 4.09. The Hall–Kier alpha value is -0.870. The van der Waals surface area contributed by atoms with Gasteiger partial charge in [-0.25, -0.2) is 0 Å². The minimum Gasteiger partial charge on any atom is -0.370 e. The van der Waals surface area contributed by atoms with E-state index in [2.05, 4.69) is 10.4 Å². The number of ether oxygens (including phenoxy) is 1. The molecule has 0 atom stereocenters. The van der Waals surface area contributed by atoms with Crippen molar-refractivity contribution in [2.75, 3.05) is 7.05 Å². The molecule has 0 saturated carbocycles. The van der Waals surface area contributed by atoms with Gasteiger partial charge in [-0.3, -0.25) is 4.68 Å². The molecule has 0 aliphatic carbocycles. The summed E-state index contributed by atoms with van der Waals surface area (Å²) in [5.41, 5.74) is 3.61. The fourth-order valence-corrected chi connectivity index (χ4v) is 1.58. The zero-order valence-corrected chi connectivity index (χ0v) is 7.42. The molecule has 4 heteroatoms. The van der Waals surface area contributed by atoms with Crippen molar-refractivity contribution in [3.63, 3.8) is 0 Å². The first-order chi connectivity index (χ1) is 5.83. The van der Waals surface area contributed by atoms with Crippen molar-refractivity contribution in [2.45, 2.75) is 19.8 Å². The summed E-state index contributed by atoms with van der Waals surface area (Å²) < 4.78 is 7.23. The molecule has 0 fully saturated rings. The average Bonchev–Trinajstić information content (AvgIpc) is 2.56. The summed E-state index contributed by atoms with van der Waals surface area (Å²) in [7, 11) is 3.92. The van der Waals surface area contributed by atoms with E-state index in [0.29, 0.717) is 6.61 Å². The van der Waals surface area contributed by atoms with Crippen molar-refractivity contribution in [2.24, 2.45) is 7.05 Å². The molecule has 0 unspecified atom stereocenters. The van der Waals surface area contributed by atoms with Crippen molar-refractivity contribution in [3.05, 3.63) is 17.0 Å². The Morgan fingerprint density at radius 3 is 3.17 bits per heavy atom. The van der Waals surface area contributed by atoms with Crippen LogP contribution < -0.4 is 5.32 Å². The standard InChI is InChI=1S/C8H13N3O/c1-9-3-8-6-4-12-5-7(6)10-11(8)2/h9H,3-5H2,1-2H3. The molecule has 0 bridgehead atoms. The molecular weight excluding hydrogens is 154 g/mol. The number of aryl methyl sites for hydroxylation is 1. The molecule has 1 aliphatic heterocycles. The predicted octanol–water partition coefficient (Wildman–Crippen LogP) is 0.170. The highest BCUT2D eigenvalue weighted by molar-refractivity contribution is 5.27. The minimum absolute atomic E-state index is 0.673. The maximum atomic E-state index is 5.29. The highest BCUT2D eigenvalue weighted by Crippen LogP contribution is 2.21. The van der Waals surface area contributed by atoms with Gasteiger partial charge in [0.1, 0.15) is 0 Å². The molecule has 0 radical (unpaired) electrons. The number of hydrogen-bond donors (Lipinski definition) is 1. The molecule has 1 aromatic rings. The van der Waals surface area contributed by atoms with Crippen LogP contribution in [0.15, 0.2) is 0 Å². The Labute approximate surface area is 71.5 Å². The first-order valence-electron chi connectivity index (χ1n) is 4.09. The molecule has 1 N–H and O–H groups in total. The van der Waals surface area contributed by atoms with E-state index in [1.54, 1.807) is 0 Å². The number of fused-ring (bicyclic) bond motifs is 1. The van der Waals surface area contributed by atoms with Gasteiger partial charge in [-0.05, 0) is 7.05 Å². The van der Waals surface area contributed by atoms with E-state index in [-0.39, 0.29) is 0 Å². The molecule has 2 heterocycles. The maximum absolute atomic E-state index is 5.29. The maximum Gasteiger partial charge on any atom is 0.0940 e. The summed E-state index contributed by atoms with van der Waals surface area (Å²) in [4.78, 5) is 0. The number of nitrogens with zero attached hydrogens (tertiary/aromatic N) is 2. The molecule has 0 saturated heterocycles. The predicted molar refractivity (Wildman–Crippen MR) is 44.5 cm³/mol. The third-order valence-corrected chi connectivity index (χ3v) is 2.19.